The van der Waals surface area contributed by atoms with Crippen molar-refractivity contribution < 1.29 is 8.78 Å². The number of nitrogens with one attached hydrogen (secondary N) is 1. The number of hydrogen-bond acceptors (Lipinski definition) is 1. The predicted molar refractivity (Wildman–Crippen MR) is 51.7 cm³/mol. The van der Waals surface area contributed by atoms with Crippen molar-refractivity contribution in [2.75, 3.05) is 6.54 Å². The summed E-state index contributed by atoms with van der Waals surface area (Å²) in [6, 6.07) is 2.32. The number of hydrogen-bond donors (Lipinski definition) is 1. The summed E-state index contributed by atoms with van der Waals surface area (Å²) in [7, 11) is 0. The van der Waals surface area contributed by atoms with Crippen LogP contribution in [-0.2, 0) is 6.54 Å². The Labute approximate surface area is 82.1 Å². The minimum Gasteiger partial charge on any atom is -0.313 e. The van der Waals surface area contributed by atoms with Crippen molar-refractivity contribution in [3.8, 4) is 12.3 Å². The first kappa shape index (κ1) is 10.7. The summed E-state index contributed by atoms with van der Waals surface area (Å²) in [6.07, 6.45) is 5.04. The summed E-state index contributed by atoms with van der Waals surface area (Å²) < 4.78 is 26.5. The zero-order valence-electron chi connectivity index (χ0n) is 7.90. The van der Waals surface area contributed by atoms with Gasteiger partial charge in [0.05, 0.1) is 0 Å². The molecule has 74 valence electrons. The van der Waals surface area contributed by atoms with E-state index in [0.29, 0.717) is 6.54 Å². The molecule has 3 heteroatoms. The minimum atomic E-state index is -0.598. The minimum absolute atomic E-state index is 0.0332. The molecule has 0 atom stereocenters. The van der Waals surface area contributed by atoms with Gasteiger partial charge in [-0.3, -0.25) is 0 Å². The van der Waals surface area contributed by atoms with E-state index in [1.807, 2.05) is 6.92 Å². The van der Waals surface area contributed by atoms with Crippen molar-refractivity contribution in [1.82, 2.24) is 5.32 Å². The molecule has 1 aromatic carbocycles. The molecule has 0 aliphatic carbocycles. The molecule has 0 radical (unpaired) electrons. The molecule has 1 nitrogen and oxygen atoms in total. The summed E-state index contributed by atoms with van der Waals surface area (Å²) in [5.41, 5.74) is 0.256. The van der Waals surface area contributed by atoms with E-state index >= 15 is 0 Å². The monoisotopic (exact) mass is 195 g/mol. The van der Waals surface area contributed by atoms with Gasteiger partial charge in [0.2, 0.25) is 0 Å². The number of rotatable bonds is 3. The Kier molecular flexibility index (Phi) is 3.61. The van der Waals surface area contributed by atoms with Crippen LogP contribution in [0.2, 0.25) is 0 Å². The SMILES string of the molecule is C#Cc1cc(F)c(CNCC)c(F)c1. The average molecular weight is 195 g/mol. The molecule has 1 N–H and O–H groups in total. The van der Waals surface area contributed by atoms with Crippen LogP contribution >= 0.6 is 0 Å². The van der Waals surface area contributed by atoms with E-state index in [9.17, 15) is 8.78 Å². The fourth-order valence-corrected chi connectivity index (χ4v) is 1.11. The Morgan fingerprint density at radius 3 is 2.36 bits per heavy atom. The standard InChI is InChI=1S/C11H11F2N/c1-3-8-5-10(12)9(7-14-4-2)11(13)6-8/h1,5-6,14H,4,7H2,2H3. The fraction of sp³-hybridized carbons (Fsp3) is 0.273. The molecular formula is C11H11F2N. The van der Waals surface area contributed by atoms with Crippen LogP contribution in [0.1, 0.15) is 18.1 Å². The lowest BCUT2D eigenvalue weighted by atomic mass is 10.1. The molecule has 0 bridgehead atoms. The maximum atomic E-state index is 13.2. The van der Waals surface area contributed by atoms with Crippen LogP contribution in [0.5, 0.6) is 0 Å². The highest BCUT2D eigenvalue weighted by Gasteiger charge is 2.09. The lowest BCUT2D eigenvalue weighted by Gasteiger charge is -2.05. The van der Waals surface area contributed by atoms with Gasteiger partial charge in [-0.25, -0.2) is 8.78 Å². The van der Waals surface area contributed by atoms with Crippen molar-refractivity contribution >= 4 is 0 Å². The Hall–Kier alpha value is -1.40. The van der Waals surface area contributed by atoms with Gasteiger partial charge in [0, 0.05) is 17.7 Å². The zero-order valence-corrected chi connectivity index (χ0v) is 7.90. The largest absolute Gasteiger partial charge is 0.313 e. The van der Waals surface area contributed by atoms with E-state index in [1.54, 1.807) is 0 Å². The van der Waals surface area contributed by atoms with E-state index in [-0.39, 0.29) is 17.7 Å². The molecule has 0 aliphatic heterocycles. The third-order valence-electron chi connectivity index (χ3n) is 1.86. The molecule has 0 aliphatic rings. The summed E-state index contributed by atoms with van der Waals surface area (Å²) in [4.78, 5) is 0. The molecule has 0 saturated heterocycles. The van der Waals surface area contributed by atoms with Crippen molar-refractivity contribution in [2.45, 2.75) is 13.5 Å². The molecule has 0 aromatic heterocycles. The van der Waals surface area contributed by atoms with Crippen LogP contribution < -0.4 is 5.32 Å². The van der Waals surface area contributed by atoms with Crippen LogP contribution in [0.25, 0.3) is 0 Å². The lowest BCUT2D eigenvalue weighted by Crippen LogP contribution is -2.14. The molecule has 1 rings (SSSR count). The molecule has 0 spiro atoms. The van der Waals surface area contributed by atoms with Crippen LogP contribution in [0.4, 0.5) is 8.78 Å². The van der Waals surface area contributed by atoms with Gasteiger partial charge in [-0.15, -0.1) is 6.42 Å². The second-order valence-corrected chi connectivity index (χ2v) is 2.84. The van der Waals surface area contributed by atoms with Crippen molar-refractivity contribution in [3.63, 3.8) is 0 Å². The first-order valence-electron chi connectivity index (χ1n) is 4.34. The first-order chi connectivity index (χ1) is 6.69. The van der Waals surface area contributed by atoms with E-state index < -0.39 is 11.6 Å². The first-order valence-corrected chi connectivity index (χ1v) is 4.34. The summed E-state index contributed by atoms with van der Waals surface area (Å²) in [6.45, 7) is 2.71. The van der Waals surface area contributed by atoms with Gasteiger partial charge in [0.15, 0.2) is 0 Å². The number of halogens is 2. The maximum Gasteiger partial charge on any atom is 0.131 e. The van der Waals surface area contributed by atoms with Gasteiger partial charge in [0.25, 0.3) is 0 Å². The van der Waals surface area contributed by atoms with Crippen molar-refractivity contribution in [1.29, 1.82) is 0 Å². The highest BCUT2D eigenvalue weighted by molar-refractivity contribution is 5.36. The van der Waals surface area contributed by atoms with Gasteiger partial charge in [-0.1, -0.05) is 12.8 Å². The number of terminal acetylenes is 1. The van der Waals surface area contributed by atoms with Crippen molar-refractivity contribution in [2.24, 2.45) is 0 Å². The van der Waals surface area contributed by atoms with Crippen LogP contribution in [-0.4, -0.2) is 6.54 Å². The fourth-order valence-electron chi connectivity index (χ4n) is 1.11. The average Bonchev–Trinajstić information content (AvgIpc) is 2.16. The topological polar surface area (TPSA) is 12.0 Å². The predicted octanol–water partition coefficient (Wildman–Crippen LogP) is 2.06. The molecule has 0 unspecified atom stereocenters. The highest BCUT2D eigenvalue weighted by atomic mass is 19.1. The van der Waals surface area contributed by atoms with Gasteiger partial charge >= 0.3 is 0 Å². The van der Waals surface area contributed by atoms with Crippen LogP contribution in [0.15, 0.2) is 12.1 Å². The Balaban J connectivity index is 3.01. The van der Waals surface area contributed by atoms with Crippen LogP contribution in [0, 0.1) is 24.0 Å². The van der Waals surface area contributed by atoms with Gasteiger partial charge in [-0.05, 0) is 18.7 Å². The second-order valence-electron chi connectivity index (χ2n) is 2.84. The van der Waals surface area contributed by atoms with E-state index in [1.165, 1.54) is 0 Å². The lowest BCUT2D eigenvalue weighted by molar-refractivity contribution is 0.539. The summed E-state index contributed by atoms with van der Waals surface area (Å²) in [5, 5.41) is 2.85. The number of benzene rings is 1. The van der Waals surface area contributed by atoms with Gasteiger partial charge in [0.1, 0.15) is 11.6 Å². The normalized spacial score (nSPS) is 9.86. The quantitative estimate of drug-likeness (QED) is 0.728. The highest BCUT2D eigenvalue weighted by Crippen LogP contribution is 2.14. The molecule has 1 aromatic rings. The van der Waals surface area contributed by atoms with E-state index in [4.69, 9.17) is 6.42 Å². The van der Waals surface area contributed by atoms with Gasteiger partial charge < -0.3 is 5.32 Å². The second kappa shape index (κ2) is 4.73. The Bertz CT molecular complexity index is 343. The molecule has 14 heavy (non-hydrogen) atoms. The summed E-state index contributed by atoms with van der Waals surface area (Å²) in [5.74, 6) is 0.995. The molecule has 0 saturated carbocycles. The Morgan fingerprint density at radius 2 is 1.93 bits per heavy atom. The zero-order chi connectivity index (χ0) is 10.6. The third-order valence-corrected chi connectivity index (χ3v) is 1.86. The third kappa shape index (κ3) is 2.30. The van der Waals surface area contributed by atoms with E-state index in [2.05, 4.69) is 11.2 Å². The summed E-state index contributed by atoms with van der Waals surface area (Å²) >= 11 is 0. The van der Waals surface area contributed by atoms with Gasteiger partial charge in [-0.2, -0.15) is 0 Å². The maximum absolute atomic E-state index is 13.2. The van der Waals surface area contributed by atoms with E-state index in [0.717, 1.165) is 12.1 Å². The molecule has 0 fully saturated rings. The van der Waals surface area contributed by atoms with Crippen molar-refractivity contribution in [3.05, 3.63) is 34.9 Å². The Morgan fingerprint density at radius 1 is 1.36 bits per heavy atom. The molecule has 0 amide bonds. The molecular weight excluding hydrogens is 184 g/mol. The smallest absolute Gasteiger partial charge is 0.131 e. The molecule has 0 heterocycles. The van der Waals surface area contributed by atoms with Crippen LogP contribution in [0.3, 0.4) is 0 Å².